The molecule has 148 valence electrons. The zero-order valence-electron chi connectivity index (χ0n) is 16.5. The Bertz CT molecular complexity index is 990. The van der Waals surface area contributed by atoms with Crippen molar-refractivity contribution in [3.63, 3.8) is 0 Å². The number of allylic oxidation sites excluding steroid dienone is 1. The van der Waals surface area contributed by atoms with Crippen LogP contribution in [0.5, 0.6) is 11.5 Å². The molecule has 3 rings (SSSR count). The third-order valence-electron chi connectivity index (χ3n) is 4.59. The van der Waals surface area contributed by atoms with Crippen molar-refractivity contribution in [2.24, 2.45) is 0 Å². The Hall–Kier alpha value is -3.04. The summed E-state index contributed by atoms with van der Waals surface area (Å²) in [6.07, 6.45) is 4.34. The van der Waals surface area contributed by atoms with Gasteiger partial charge in [0.15, 0.2) is 5.78 Å². The van der Waals surface area contributed by atoms with E-state index in [1.165, 1.54) is 5.56 Å². The molecule has 0 radical (unpaired) electrons. The summed E-state index contributed by atoms with van der Waals surface area (Å²) in [5.41, 5.74) is 3.67. The standard InChI is InChI=1S/C25H23ClO3/c1-3-18-4-12-23(13-5-18)29-17-21-16-19(7-15-25(21)28-2)6-14-24(27)20-8-10-22(26)11-9-20/h4-16H,3,17H2,1-2H3/b14-6+. The largest absolute Gasteiger partial charge is 0.496 e. The van der Waals surface area contributed by atoms with Crippen LogP contribution >= 0.6 is 11.6 Å². The first-order valence-corrected chi connectivity index (χ1v) is 9.83. The average molecular weight is 407 g/mol. The Morgan fingerprint density at radius 1 is 1.00 bits per heavy atom. The summed E-state index contributed by atoms with van der Waals surface area (Å²) in [6, 6.07) is 20.7. The van der Waals surface area contributed by atoms with E-state index in [1.54, 1.807) is 43.5 Å². The van der Waals surface area contributed by atoms with E-state index < -0.39 is 0 Å². The highest BCUT2D eigenvalue weighted by atomic mass is 35.5. The Kier molecular flexibility index (Phi) is 7.09. The number of carbonyl (C=O) groups is 1. The number of carbonyl (C=O) groups excluding carboxylic acids is 1. The molecule has 0 aliphatic carbocycles. The second-order valence-electron chi connectivity index (χ2n) is 6.56. The zero-order valence-corrected chi connectivity index (χ0v) is 17.3. The van der Waals surface area contributed by atoms with Gasteiger partial charge in [0.25, 0.3) is 0 Å². The zero-order chi connectivity index (χ0) is 20.6. The maximum Gasteiger partial charge on any atom is 0.185 e. The minimum absolute atomic E-state index is 0.0775. The van der Waals surface area contributed by atoms with Crippen LogP contribution in [0.2, 0.25) is 5.02 Å². The number of aryl methyl sites for hydroxylation is 1. The first-order chi connectivity index (χ1) is 14.1. The lowest BCUT2D eigenvalue weighted by Crippen LogP contribution is -1.99. The third-order valence-corrected chi connectivity index (χ3v) is 4.84. The van der Waals surface area contributed by atoms with Crippen molar-refractivity contribution in [3.05, 3.63) is 100 Å². The number of benzene rings is 3. The number of rotatable bonds is 8. The summed E-state index contributed by atoms with van der Waals surface area (Å²) in [6.45, 7) is 2.50. The molecule has 3 nitrogen and oxygen atoms in total. The number of halogens is 1. The maximum atomic E-state index is 12.3. The first kappa shape index (κ1) is 20.7. The fourth-order valence-electron chi connectivity index (χ4n) is 2.88. The molecule has 0 bridgehead atoms. The number of ketones is 1. The van der Waals surface area contributed by atoms with E-state index in [9.17, 15) is 4.79 Å². The molecule has 0 fully saturated rings. The molecule has 3 aromatic rings. The van der Waals surface area contributed by atoms with Crippen LogP contribution in [0.25, 0.3) is 6.08 Å². The van der Waals surface area contributed by atoms with Gasteiger partial charge in [-0.1, -0.05) is 42.8 Å². The summed E-state index contributed by atoms with van der Waals surface area (Å²) >= 11 is 5.87. The second kappa shape index (κ2) is 9.94. The molecule has 0 spiro atoms. The topological polar surface area (TPSA) is 35.5 Å². The Balaban J connectivity index is 1.71. The molecule has 0 N–H and O–H groups in total. The summed E-state index contributed by atoms with van der Waals surface area (Å²) < 4.78 is 11.4. The number of methoxy groups -OCH3 is 1. The predicted molar refractivity (Wildman–Crippen MR) is 118 cm³/mol. The van der Waals surface area contributed by atoms with Gasteiger partial charge in [0, 0.05) is 16.1 Å². The van der Waals surface area contributed by atoms with E-state index in [0.29, 0.717) is 17.2 Å². The van der Waals surface area contributed by atoms with E-state index in [2.05, 4.69) is 19.1 Å². The Morgan fingerprint density at radius 2 is 1.72 bits per heavy atom. The summed E-state index contributed by atoms with van der Waals surface area (Å²) in [5.74, 6) is 1.48. The van der Waals surface area contributed by atoms with E-state index in [4.69, 9.17) is 21.1 Å². The molecular weight excluding hydrogens is 384 g/mol. The molecule has 29 heavy (non-hydrogen) atoms. The van der Waals surface area contributed by atoms with Crippen molar-refractivity contribution in [1.82, 2.24) is 0 Å². The molecule has 0 saturated carbocycles. The monoisotopic (exact) mass is 406 g/mol. The lowest BCUT2D eigenvalue weighted by atomic mass is 10.1. The van der Waals surface area contributed by atoms with Crippen LogP contribution in [0, 0.1) is 0 Å². The van der Waals surface area contributed by atoms with Crippen LogP contribution in [0.4, 0.5) is 0 Å². The van der Waals surface area contributed by atoms with Crippen LogP contribution in [0.1, 0.15) is 34.0 Å². The highest BCUT2D eigenvalue weighted by Crippen LogP contribution is 2.23. The van der Waals surface area contributed by atoms with Gasteiger partial charge in [0.2, 0.25) is 0 Å². The summed E-state index contributed by atoms with van der Waals surface area (Å²) in [4.78, 5) is 12.3. The number of hydrogen-bond acceptors (Lipinski definition) is 3. The molecule has 0 saturated heterocycles. The molecule has 0 aliphatic heterocycles. The Morgan fingerprint density at radius 3 is 2.38 bits per heavy atom. The van der Waals surface area contributed by atoms with Crippen LogP contribution < -0.4 is 9.47 Å². The smallest absolute Gasteiger partial charge is 0.185 e. The van der Waals surface area contributed by atoms with Gasteiger partial charge in [-0.2, -0.15) is 0 Å². The minimum atomic E-state index is -0.0775. The molecule has 0 aliphatic rings. The predicted octanol–water partition coefficient (Wildman–Crippen LogP) is 6.39. The molecule has 0 amide bonds. The fraction of sp³-hybridized carbons (Fsp3) is 0.160. The first-order valence-electron chi connectivity index (χ1n) is 9.45. The van der Waals surface area contributed by atoms with Gasteiger partial charge < -0.3 is 9.47 Å². The molecule has 0 unspecified atom stereocenters. The number of ether oxygens (including phenoxy) is 2. The van der Waals surface area contributed by atoms with Gasteiger partial charge in [0.1, 0.15) is 18.1 Å². The average Bonchev–Trinajstić information content (AvgIpc) is 2.77. The highest BCUT2D eigenvalue weighted by Gasteiger charge is 2.06. The van der Waals surface area contributed by atoms with Gasteiger partial charge in [-0.25, -0.2) is 0 Å². The van der Waals surface area contributed by atoms with Crippen LogP contribution in [-0.4, -0.2) is 12.9 Å². The molecule has 4 heteroatoms. The van der Waals surface area contributed by atoms with Crippen molar-refractivity contribution in [2.75, 3.05) is 7.11 Å². The summed E-state index contributed by atoms with van der Waals surface area (Å²) in [7, 11) is 1.63. The normalized spacial score (nSPS) is 10.9. The van der Waals surface area contributed by atoms with Crippen molar-refractivity contribution in [1.29, 1.82) is 0 Å². The van der Waals surface area contributed by atoms with E-state index >= 15 is 0 Å². The van der Waals surface area contributed by atoms with E-state index in [-0.39, 0.29) is 5.78 Å². The second-order valence-corrected chi connectivity index (χ2v) is 7.00. The van der Waals surface area contributed by atoms with Crippen molar-refractivity contribution in [2.45, 2.75) is 20.0 Å². The van der Waals surface area contributed by atoms with Crippen LogP contribution in [0.15, 0.2) is 72.8 Å². The van der Waals surface area contributed by atoms with Gasteiger partial charge in [-0.3, -0.25) is 4.79 Å². The van der Waals surface area contributed by atoms with Crippen molar-refractivity contribution >= 4 is 23.5 Å². The lowest BCUT2D eigenvalue weighted by Gasteiger charge is -2.11. The molecule has 0 heterocycles. The molecule has 3 aromatic carbocycles. The number of hydrogen-bond donors (Lipinski definition) is 0. The minimum Gasteiger partial charge on any atom is -0.496 e. The highest BCUT2D eigenvalue weighted by molar-refractivity contribution is 6.30. The molecular formula is C25H23ClO3. The molecule has 0 atom stereocenters. The maximum absolute atomic E-state index is 12.3. The van der Waals surface area contributed by atoms with Crippen molar-refractivity contribution in [3.8, 4) is 11.5 Å². The van der Waals surface area contributed by atoms with E-state index in [1.807, 2.05) is 30.3 Å². The van der Waals surface area contributed by atoms with Gasteiger partial charge in [-0.05, 0) is 72.2 Å². The van der Waals surface area contributed by atoms with E-state index in [0.717, 1.165) is 29.0 Å². The van der Waals surface area contributed by atoms with Crippen molar-refractivity contribution < 1.29 is 14.3 Å². The quantitative estimate of drug-likeness (QED) is 0.321. The fourth-order valence-corrected chi connectivity index (χ4v) is 3.01. The lowest BCUT2D eigenvalue weighted by molar-refractivity contribution is 0.104. The van der Waals surface area contributed by atoms with Gasteiger partial charge in [-0.15, -0.1) is 0 Å². The van der Waals surface area contributed by atoms with Crippen LogP contribution in [-0.2, 0) is 13.0 Å². The van der Waals surface area contributed by atoms with Gasteiger partial charge >= 0.3 is 0 Å². The Labute approximate surface area is 176 Å². The van der Waals surface area contributed by atoms with Crippen LogP contribution in [0.3, 0.4) is 0 Å². The SMILES string of the molecule is CCc1ccc(OCc2cc(/C=C/C(=O)c3ccc(Cl)cc3)ccc2OC)cc1. The molecule has 0 aromatic heterocycles. The summed E-state index contributed by atoms with van der Waals surface area (Å²) in [5, 5.41) is 0.606. The van der Waals surface area contributed by atoms with Gasteiger partial charge in [0.05, 0.1) is 7.11 Å². The third kappa shape index (κ3) is 5.72.